The second-order valence-corrected chi connectivity index (χ2v) is 4.81. The molecule has 1 heterocycles. The minimum Gasteiger partial charge on any atom is -0.467 e. The fraction of sp³-hybridized carbons (Fsp3) is 0.312. The first-order chi connectivity index (χ1) is 10.2. The van der Waals surface area contributed by atoms with Gasteiger partial charge in [-0.25, -0.2) is 0 Å². The highest BCUT2D eigenvalue weighted by Crippen LogP contribution is 2.12. The quantitative estimate of drug-likeness (QED) is 0.606. The van der Waals surface area contributed by atoms with Gasteiger partial charge in [0.1, 0.15) is 12.4 Å². The summed E-state index contributed by atoms with van der Waals surface area (Å²) >= 11 is 0. The van der Waals surface area contributed by atoms with Gasteiger partial charge < -0.3 is 20.2 Å². The zero-order valence-electron chi connectivity index (χ0n) is 12.1. The van der Waals surface area contributed by atoms with Crippen LogP contribution in [0.2, 0.25) is 0 Å². The average molecular weight is 288 g/mol. The standard InChI is InChI=1S/C16H20N2O3/c1-12-10-13(5-6-15(12)17)16(19)18-7-3-8-20-11-14-4-2-9-21-14/h2,4-6,9-10H,3,7-8,11,17H2,1H3,(H,18,19). The molecule has 1 amide bonds. The molecule has 0 saturated carbocycles. The monoisotopic (exact) mass is 288 g/mol. The highest BCUT2D eigenvalue weighted by atomic mass is 16.5. The van der Waals surface area contributed by atoms with Gasteiger partial charge in [0.2, 0.25) is 0 Å². The smallest absolute Gasteiger partial charge is 0.251 e. The fourth-order valence-corrected chi connectivity index (χ4v) is 1.86. The molecule has 21 heavy (non-hydrogen) atoms. The zero-order chi connectivity index (χ0) is 15.1. The first kappa shape index (κ1) is 15.1. The predicted octanol–water partition coefficient (Wildman–Crippen LogP) is 2.51. The van der Waals surface area contributed by atoms with Crippen molar-refractivity contribution in [3.05, 3.63) is 53.5 Å². The first-order valence-corrected chi connectivity index (χ1v) is 6.91. The summed E-state index contributed by atoms with van der Waals surface area (Å²) in [5, 5.41) is 2.86. The van der Waals surface area contributed by atoms with Crippen LogP contribution in [0.1, 0.15) is 28.1 Å². The Balaban J connectivity index is 1.63. The molecule has 0 aliphatic carbocycles. The third-order valence-corrected chi connectivity index (χ3v) is 3.11. The van der Waals surface area contributed by atoms with E-state index >= 15 is 0 Å². The second-order valence-electron chi connectivity index (χ2n) is 4.81. The highest BCUT2D eigenvalue weighted by molar-refractivity contribution is 5.94. The van der Waals surface area contributed by atoms with Crippen LogP contribution in [0, 0.1) is 6.92 Å². The van der Waals surface area contributed by atoms with Gasteiger partial charge >= 0.3 is 0 Å². The van der Waals surface area contributed by atoms with Gasteiger partial charge in [-0.15, -0.1) is 0 Å². The molecule has 2 aromatic rings. The molecule has 0 saturated heterocycles. The minimum absolute atomic E-state index is 0.0934. The van der Waals surface area contributed by atoms with E-state index in [-0.39, 0.29) is 5.91 Å². The molecule has 112 valence electrons. The van der Waals surface area contributed by atoms with E-state index in [2.05, 4.69) is 5.32 Å². The SMILES string of the molecule is Cc1cc(C(=O)NCCCOCc2ccco2)ccc1N. The molecule has 5 nitrogen and oxygen atoms in total. The van der Waals surface area contributed by atoms with Gasteiger partial charge in [-0.2, -0.15) is 0 Å². The average Bonchev–Trinajstić information content (AvgIpc) is 2.98. The predicted molar refractivity (Wildman–Crippen MR) is 80.9 cm³/mol. The Morgan fingerprint density at radius 1 is 1.38 bits per heavy atom. The number of nitrogen functional groups attached to an aromatic ring is 1. The number of carbonyl (C=O) groups is 1. The number of hydrogen-bond acceptors (Lipinski definition) is 4. The van der Waals surface area contributed by atoms with Crippen molar-refractivity contribution in [1.82, 2.24) is 5.32 Å². The number of furan rings is 1. The van der Waals surface area contributed by atoms with E-state index in [1.807, 2.05) is 19.1 Å². The Hall–Kier alpha value is -2.27. The van der Waals surface area contributed by atoms with E-state index in [1.165, 1.54) is 0 Å². The molecule has 0 spiro atoms. The number of amides is 1. The number of nitrogens with one attached hydrogen (secondary N) is 1. The molecule has 1 aromatic heterocycles. The van der Waals surface area contributed by atoms with Gasteiger partial charge in [0, 0.05) is 24.4 Å². The lowest BCUT2D eigenvalue weighted by atomic mass is 10.1. The number of hydrogen-bond donors (Lipinski definition) is 2. The van der Waals surface area contributed by atoms with Gasteiger partial charge in [-0.1, -0.05) is 0 Å². The molecule has 0 radical (unpaired) electrons. The summed E-state index contributed by atoms with van der Waals surface area (Å²) < 4.78 is 10.6. The Kier molecular flexibility index (Phi) is 5.40. The van der Waals surface area contributed by atoms with Crippen molar-refractivity contribution < 1.29 is 13.9 Å². The van der Waals surface area contributed by atoms with Crippen LogP contribution in [0.15, 0.2) is 41.0 Å². The van der Waals surface area contributed by atoms with Crippen LogP contribution in [0.25, 0.3) is 0 Å². The summed E-state index contributed by atoms with van der Waals surface area (Å²) in [7, 11) is 0. The number of nitrogens with two attached hydrogens (primary N) is 1. The Morgan fingerprint density at radius 2 is 2.24 bits per heavy atom. The summed E-state index contributed by atoms with van der Waals surface area (Å²) in [4.78, 5) is 11.9. The largest absolute Gasteiger partial charge is 0.467 e. The van der Waals surface area contributed by atoms with Gasteiger partial charge in [0.15, 0.2) is 0 Å². The van der Waals surface area contributed by atoms with Crippen molar-refractivity contribution >= 4 is 11.6 Å². The number of anilines is 1. The van der Waals surface area contributed by atoms with Gasteiger partial charge in [-0.3, -0.25) is 4.79 Å². The van der Waals surface area contributed by atoms with E-state index in [4.69, 9.17) is 14.9 Å². The van der Waals surface area contributed by atoms with Crippen LogP contribution in [-0.4, -0.2) is 19.1 Å². The maximum atomic E-state index is 11.9. The molecular weight excluding hydrogens is 268 g/mol. The first-order valence-electron chi connectivity index (χ1n) is 6.91. The van der Waals surface area contributed by atoms with Crippen LogP contribution in [0.3, 0.4) is 0 Å². The summed E-state index contributed by atoms with van der Waals surface area (Å²) in [6.45, 7) is 3.48. The molecule has 0 fully saturated rings. The molecular formula is C16H20N2O3. The van der Waals surface area contributed by atoms with Crippen molar-refractivity contribution in [2.45, 2.75) is 20.0 Å². The molecule has 0 unspecified atom stereocenters. The van der Waals surface area contributed by atoms with Crippen LogP contribution in [0.4, 0.5) is 5.69 Å². The number of rotatable bonds is 7. The lowest BCUT2D eigenvalue weighted by molar-refractivity contribution is 0.0917. The van der Waals surface area contributed by atoms with Crippen molar-refractivity contribution in [2.75, 3.05) is 18.9 Å². The second kappa shape index (κ2) is 7.50. The fourth-order valence-electron chi connectivity index (χ4n) is 1.86. The van der Waals surface area contributed by atoms with Crippen LogP contribution in [-0.2, 0) is 11.3 Å². The van der Waals surface area contributed by atoms with Crippen LogP contribution in [0.5, 0.6) is 0 Å². The van der Waals surface area contributed by atoms with E-state index in [1.54, 1.807) is 24.5 Å². The molecule has 2 rings (SSSR count). The van der Waals surface area contributed by atoms with E-state index in [9.17, 15) is 4.79 Å². The highest BCUT2D eigenvalue weighted by Gasteiger charge is 2.06. The van der Waals surface area contributed by atoms with Crippen molar-refractivity contribution in [3.63, 3.8) is 0 Å². The normalized spacial score (nSPS) is 10.5. The number of benzene rings is 1. The number of carbonyl (C=O) groups excluding carboxylic acids is 1. The Labute approximate surface area is 124 Å². The molecule has 1 aromatic carbocycles. The van der Waals surface area contributed by atoms with Crippen molar-refractivity contribution in [1.29, 1.82) is 0 Å². The third kappa shape index (κ3) is 4.65. The minimum atomic E-state index is -0.0934. The molecule has 0 atom stereocenters. The summed E-state index contributed by atoms with van der Waals surface area (Å²) in [6, 6.07) is 8.96. The molecule has 0 aliphatic heterocycles. The Bertz CT molecular complexity index is 579. The van der Waals surface area contributed by atoms with E-state index in [0.29, 0.717) is 31.0 Å². The lowest BCUT2D eigenvalue weighted by Crippen LogP contribution is -2.25. The van der Waals surface area contributed by atoms with E-state index in [0.717, 1.165) is 17.7 Å². The van der Waals surface area contributed by atoms with Crippen LogP contribution >= 0.6 is 0 Å². The van der Waals surface area contributed by atoms with Crippen LogP contribution < -0.4 is 11.1 Å². The maximum Gasteiger partial charge on any atom is 0.251 e. The number of ether oxygens (including phenoxy) is 1. The summed E-state index contributed by atoms with van der Waals surface area (Å²) in [5.74, 6) is 0.709. The number of aryl methyl sites for hydroxylation is 1. The van der Waals surface area contributed by atoms with Gasteiger partial charge in [0.25, 0.3) is 5.91 Å². The zero-order valence-corrected chi connectivity index (χ0v) is 12.1. The van der Waals surface area contributed by atoms with E-state index < -0.39 is 0 Å². The Morgan fingerprint density at radius 3 is 2.95 bits per heavy atom. The van der Waals surface area contributed by atoms with Gasteiger partial charge in [-0.05, 0) is 49.2 Å². The van der Waals surface area contributed by atoms with Crippen molar-refractivity contribution in [3.8, 4) is 0 Å². The third-order valence-electron chi connectivity index (χ3n) is 3.11. The summed E-state index contributed by atoms with van der Waals surface area (Å²) in [6.07, 6.45) is 2.37. The molecule has 0 bridgehead atoms. The molecule has 5 heteroatoms. The maximum absolute atomic E-state index is 11.9. The topological polar surface area (TPSA) is 77.5 Å². The molecule has 3 N–H and O–H groups in total. The van der Waals surface area contributed by atoms with Gasteiger partial charge in [0.05, 0.1) is 6.26 Å². The molecule has 0 aliphatic rings. The van der Waals surface area contributed by atoms with Crippen molar-refractivity contribution in [2.24, 2.45) is 0 Å². The summed E-state index contributed by atoms with van der Waals surface area (Å²) in [5.41, 5.74) is 7.95. The lowest BCUT2D eigenvalue weighted by Gasteiger charge is -2.07.